The van der Waals surface area contributed by atoms with Gasteiger partial charge in [0, 0.05) is 18.2 Å². The first-order valence-electron chi connectivity index (χ1n) is 7.36. The molecule has 0 heterocycles. The second kappa shape index (κ2) is 8.10. The molecular formula is C16H22F2N2O. The maximum Gasteiger partial charge on any atom is 0.387 e. The predicted molar refractivity (Wildman–Crippen MR) is 79.4 cm³/mol. The van der Waals surface area contributed by atoms with Gasteiger partial charge in [0.1, 0.15) is 5.75 Å². The highest BCUT2D eigenvalue weighted by molar-refractivity contribution is 5.36. The van der Waals surface area contributed by atoms with Crippen LogP contribution < -0.4 is 15.8 Å². The summed E-state index contributed by atoms with van der Waals surface area (Å²) in [5.41, 5.74) is 7.93. The van der Waals surface area contributed by atoms with Gasteiger partial charge in [-0.15, -0.1) is 0 Å². The van der Waals surface area contributed by atoms with Crippen molar-refractivity contribution in [1.82, 2.24) is 5.32 Å². The number of nitrogens with one attached hydrogen (secondary N) is 1. The van der Waals surface area contributed by atoms with Crippen LogP contribution >= 0.6 is 0 Å². The minimum absolute atomic E-state index is 0.179. The zero-order valence-corrected chi connectivity index (χ0v) is 12.0. The van der Waals surface area contributed by atoms with Gasteiger partial charge in [0.25, 0.3) is 0 Å². The maximum absolute atomic E-state index is 12.4. The first-order chi connectivity index (χ1) is 10.2. The van der Waals surface area contributed by atoms with Crippen LogP contribution in [0.5, 0.6) is 5.75 Å². The summed E-state index contributed by atoms with van der Waals surface area (Å²) in [5, 5.41) is 3.34. The molecule has 5 heteroatoms. The zero-order valence-electron chi connectivity index (χ0n) is 12.0. The van der Waals surface area contributed by atoms with E-state index in [9.17, 15) is 8.78 Å². The topological polar surface area (TPSA) is 47.3 Å². The highest BCUT2D eigenvalue weighted by atomic mass is 19.3. The molecule has 2 rings (SSSR count). The molecule has 0 aromatic heterocycles. The SMILES string of the molecule is NCC(NCCC1=CCCC1)c1ccccc1OC(F)F. The normalized spacial score (nSPS) is 16.1. The summed E-state index contributed by atoms with van der Waals surface area (Å²) in [6, 6.07) is 6.62. The molecule has 3 nitrogen and oxygen atoms in total. The highest BCUT2D eigenvalue weighted by Gasteiger charge is 2.16. The molecule has 0 fully saturated rings. The van der Waals surface area contributed by atoms with Crippen molar-refractivity contribution in [2.45, 2.75) is 38.3 Å². The Hall–Kier alpha value is -1.46. The van der Waals surface area contributed by atoms with Crippen LogP contribution in [0.1, 0.15) is 37.3 Å². The standard InChI is InChI=1S/C16H22F2N2O/c17-16(18)21-15-8-4-3-7-13(15)14(11-19)20-10-9-12-5-1-2-6-12/h3-5,7-8,14,16,20H,1-2,6,9-11,19H2. The van der Waals surface area contributed by atoms with E-state index in [1.807, 2.05) is 0 Å². The number of alkyl halides is 2. The molecule has 1 atom stereocenters. The number of hydrogen-bond donors (Lipinski definition) is 2. The van der Waals surface area contributed by atoms with Crippen molar-refractivity contribution in [3.8, 4) is 5.75 Å². The average molecular weight is 296 g/mol. The summed E-state index contributed by atoms with van der Waals surface area (Å²) in [6.07, 6.45) is 6.84. The Morgan fingerprint density at radius 3 is 2.76 bits per heavy atom. The van der Waals surface area contributed by atoms with E-state index in [1.165, 1.54) is 24.8 Å². The quantitative estimate of drug-likeness (QED) is 0.723. The van der Waals surface area contributed by atoms with Gasteiger partial charge in [0.05, 0.1) is 0 Å². The fraction of sp³-hybridized carbons (Fsp3) is 0.500. The minimum Gasteiger partial charge on any atom is -0.434 e. The molecule has 116 valence electrons. The number of para-hydroxylation sites is 1. The van der Waals surface area contributed by atoms with E-state index in [0.29, 0.717) is 12.1 Å². The lowest BCUT2D eigenvalue weighted by molar-refractivity contribution is -0.0507. The second-order valence-electron chi connectivity index (χ2n) is 5.16. The van der Waals surface area contributed by atoms with Crippen LogP contribution in [-0.4, -0.2) is 19.7 Å². The first-order valence-corrected chi connectivity index (χ1v) is 7.36. The molecule has 1 aromatic carbocycles. The van der Waals surface area contributed by atoms with E-state index in [0.717, 1.165) is 13.0 Å². The molecule has 0 saturated heterocycles. The van der Waals surface area contributed by atoms with Crippen LogP contribution in [0.25, 0.3) is 0 Å². The van der Waals surface area contributed by atoms with E-state index in [4.69, 9.17) is 5.73 Å². The van der Waals surface area contributed by atoms with Crippen LogP contribution in [0.15, 0.2) is 35.9 Å². The van der Waals surface area contributed by atoms with Crippen LogP contribution in [-0.2, 0) is 0 Å². The van der Waals surface area contributed by atoms with Gasteiger partial charge in [0.2, 0.25) is 0 Å². The van der Waals surface area contributed by atoms with Gasteiger partial charge >= 0.3 is 6.61 Å². The van der Waals surface area contributed by atoms with Gasteiger partial charge in [-0.2, -0.15) is 8.78 Å². The Bertz CT molecular complexity index is 477. The van der Waals surface area contributed by atoms with Crippen LogP contribution in [0, 0.1) is 0 Å². The van der Waals surface area contributed by atoms with Crippen molar-refractivity contribution >= 4 is 0 Å². The lowest BCUT2D eigenvalue weighted by atomic mass is 10.1. The molecule has 0 spiro atoms. The molecule has 21 heavy (non-hydrogen) atoms. The summed E-state index contributed by atoms with van der Waals surface area (Å²) in [5.74, 6) is 0.190. The largest absolute Gasteiger partial charge is 0.434 e. The van der Waals surface area contributed by atoms with Gasteiger partial charge in [0.15, 0.2) is 0 Å². The average Bonchev–Trinajstić information content (AvgIpc) is 2.97. The summed E-state index contributed by atoms with van der Waals surface area (Å²) < 4.78 is 29.5. The Balaban J connectivity index is 1.96. The third-order valence-electron chi connectivity index (χ3n) is 3.72. The Labute approximate surface area is 124 Å². The third-order valence-corrected chi connectivity index (χ3v) is 3.72. The van der Waals surface area contributed by atoms with Gasteiger partial charge in [-0.3, -0.25) is 0 Å². The highest BCUT2D eigenvalue weighted by Crippen LogP contribution is 2.26. The summed E-state index contributed by atoms with van der Waals surface area (Å²) in [7, 11) is 0. The van der Waals surface area contributed by atoms with Crippen LogP contribution in [0.4, 0.5) is 8.78 Å². The molecule has 0 aliphatic heterocycles. The third kappa shape index (κ3) is 4.79. The molecule has 1 aliphatic rings. The van der Waals surface area contributed by atoms with Gasteiger partial charge < -0.3 is 15.8 Å². The van der Waals surface area contributed by atoms with Gasteiger partial charge in [-0.25, -0.2) is 0 Å². The fourth-order valence-corrected chi connectivity index (χ4v) is 2.66. The number of halogens is 2. The lowest BCUT2D eigenvalue weighted by Crippen LogP contribution is -2.29. The molecule has 1 aromatic rings. The Kier molecular flexibility index (Phi) is 6.14. The van der Waals surface area contributed by atoms with Gasteiger partial charge in [-0.05, 0) is 38.3 Å². The van der Waals surface area contributed by atoms with Crippen molar-refractivity contribution in [3.05, 3.63) is 41.5 Å². The van der Waals surface area contributed by atoms with Crippen molar-refractivity contribution in [2.24, 2.45) is 5.73 Å². The Morgan fingerprint density at radius 1 is 1.29 bits per heavy atom. The molecule has 3 N–H and O–H groups in total. The first kappa shape index (κ1) is 15.9. The van der Waals surface area contributed by atoms with Crippen molar-refractivity contribution in [2.75, 3.05) is 13.1 Å². The molecule has 0 amide bonds. The number of rotatable bonds is 8. The smallest absolute Gasteiger partial charge is 0.387 e. The number of ether oxygens (including phenoxy) is 1. The summed E-state index contributed by atoms with van der Waals surface area (Å²) >= 11 is 0. The van der Waals surface area contributed by atoms with Crippen LogP contribution in [0.3, 0.4) is 0 Å². The fourth-order valence-electron chi connectivity index (χ4n) is 2.66. The molecule has 1 unspecified atom stereocenters. The minimum atomic E-state index is -2.83. The summed E-state index contributed by atoms with van der Waals surface area (Å²) in [4.78, 5) is 0. The molecule has 0 bridgehead atoms. The van der Waals surface area contributed by atoms with Crippen molar-refractivity contribution < 1.29 is 13.5 Å². The lowest BCUT2D eigenvalue weighted by Gasteiger charge is -2.20. The number of hydrogen-bond acceptors (Lipinski definition) is 3. The van der Waals surface area contributed by atoms with Gasteiger partial charge in [-0.1, -0.05) is 29.8 Å². The number of nitrogens with two attached hydrogens (primary N) is 1. The summed E-state index contributed by atoms with van der Waals surface area (Å²) in [6.45, 7) is -1.70. The van der Waals surface area contributed by atoms with E-state index in [-0.39, 0.29) is 11.8 Å². The molecule has 0 saturated carbocycles. The maximum atomic E-state index is 12.4. The Morgan fingerprint density at radius 2 is 2.10 bits per heavy atom. The number of benzene rings is 1. The predicted octanol–water partition coefficient (Wildman–Crippen LogP) is 3.38. The molecular weight excluding hydrogens is 274 g/mol. The molecule has 1 aliphatic carbocycles. The second-order valence-corrected chi connectivity index (χ2v) is 5.16. The van der Waals surface area contributed by atoms with E-state index in [2.05, 4.69) is 16.1 Å². The molecule has 0 radical (unpaired) electrons. The van der Waals surface area contributed by atoms with Crippen molar-refractivity contribution in [3.63, 3.8) is 0 Å². The zero-order chi connectivity index (χ0) is 15.1. The van der Waals surface area contributed by atoms with E-state index in [1.54, 1.807) is 24.3 Å². The van der Waals surface area contributed by atoms with E-state index >= 15 is 0 Å². The van der Waals surface area contributed by atoms with Crippen LogP contribution in [0.2, 0.25) is 0 Å². The monoisotopic (exact) mass is 296 g/mol. The van der Waals surface area contributed by atoms with E-state index < -0.39 is 6.61 Å². The number of allylic oxidation sites excluding steroid dienone is 1. The van der Waals surface area contributed by atoms with Crippen molar-refractivity contribution in [1.29, 1.82) is 0 Å².